The lowest BCUT2D eigenvalue weighted by atomic mass is 10.1. The van der Waals surface area contributed by atoms with Crippen molar-refractivity contribution in [1.29, 1.82) is 5.26 Å². The molecule has 0 bridgehead atoms. The van der Waals surface area contributed by atoms with Crippen LogP contribution in [0.4, 0.5) is 5.82 Å². The van der Waals surface area contributed by atoms with Crippen molar-refractivity contribution >= 4 is 5.82 Å². The van der Waals surface area contributed by atoms with E-state index in [-0.39, 0.29) is 5.82 Å². The second kappa shape index (κ2) is 5.27. The lowest BCUT2D eigenvalue weighted by molar-refractivity contribution is 0.355. The molecule has 0 amide bonds. The second-order valence-corrected chi connectivity index (χ2v) is 3.81. The van der Waals surface area contributed by atoms with Crippen LogP contribution in [0.15, 0.2) is 30.3 Å². The summed E-state index contributed by atoms with van der Waals surface area (Å²) in [6.07, 6.45) is 0. The number of nitriles is 1. The molecule has 0 aliphatic carbocycles. The molecule has 0 spiro atoms. The van der Waals surface area contributed by atoms with E-state index in [0.29, 0.717) is 22.8 Å². The smallest absolute Gasteiger partial charge is 0.161 e. The molecule has 96 valence electrons. The van der Waals surface area contributed by atoms with Gasteiger partial charge in [-0.3, -0.25) is 0 Å². The standard InChI is InChI=1S/C14H13N3O2/c1-18-12-6-4-9(7-13(12)19-2)11-5-3-10(8-15)14(16)17-11/h3-7H,1-2H3,(H2,16,17). The Morgan fingerprint density at radius 2 is 1.84 bits per heavy atom. The molecule has 1 aromatic carbocycles. The van der Waals surface area contributed by atoms with E-state index < -0.39 is 0 Å². The highest BCUT2D eigenvalue weighted by Gasteiger charge is 2.08. The monoisotopic (exact) mass is 255 g/mol. The van der Waals surface area contributed by atoms with E-state index in [1.54, 1.807) is 32.4 Å². The Labute approximate surface area is 111 Å². The number of hydrogen-bond acceptors (Lipinski definition) is 5. The Bertz CT molecular complexity index is 648. The number of ether oxygens (including phenoxy) is 2. The van der Waals surface area contributed by atoms with Gasteiger partial charge in [0.1, 0.15) is 11.9 Å². The summed E-state index contributed by atoms with van der Waals surface area (Å²) in [6.45, 7) is 0. The van der Waals surface area contributed by atoms with Crippen molar-refractivity contribution in [1.82, 2.24) is 4.98 Å². The molecule has 2 N–H and O–H groups in total. The predicted octanol–water partition coefficient (Wildman–Crippen LogP) is 2.22. The molecule has 0 fully saturated rings. The van der Waals surface area contributed by atoms with Crippen LogP contribution in [-0.2, 0) is 0 Å². The largest absolute Gasteiger partial charge is 0.493 e. The molecule has 0 unspecified atom stereocenters. The highest BCUT2D eigenvalue weighted by atomic mass is 16.5. The normalized spacial score (nSPS) is 9.74. The molecular formula is C14H13N3O2. The Morgan fingerprint density at radius 3 is 2.42 bits per heavy atom. The first-order chi connectivity index (χ1) is 9.19. The second-order valence-electron chi connectivity index (χ2n) is 3.81. The molecule has 5 nitrogen and oxygen atoms in total. The summed E-state index contributed by atoms with van der Waals surface area (Å²) in [5, 5.41) is 8.82. The van der Waals surface area contributed by atoms with Crippen LogP contribution < -0.4 is 15.2 Å². The van der Waals surface area contributed by atoms with E-state index >= 15 is 0 Å². The Kier molecular flexibility index (Phi) is 3.53. The minimum atomic E-state index is 0.217. The number of rotatable bonds is 3. The molecule has 0 saturated carbocycles. The third-order valence-corrected chi connectivity index (χ3v) is 2.72. The van der Waals surface area contributed by atoms with E-state index in [1.165, 1.54) is 0 Å². The summed E-state index contributed by atoms with van der Waals surface area (Å²) >= 11 is 0. The van der Waals surface area contributed by atoms with Gasteiger partial charge in [0.15, 0.2) is 11.5 Å². The fraction of sp³-hybridized carbons (Fsp3) is 0.143. The van der Waals surface area contributed by atoms with Crippen LogP contribution in [0.3, 0.4) is 0 Å². The molecular weight excluding hydrogens is 242 g/mol. The average Bonchev–Trinajstić information content (AvgIpc) is 2.46. The van der Waals surface area contributed by atoms with Gasteiger partial charge in [-0.25, -0.2) is 4.98 Å². The van der Waals surface area contributed by atoms with E-state index in [9.17, 15) is 0 Å². The summed E-state index contributed by atoms with van der Waals surface area (Å²) in [6, 6.07) is 10.8. The Morgan fingerprint density at radius 1 is 1.11 bits per heavy atom. The first kappa shape index (κ1) is 12.7. The zero-order valence-electron chi connectivity index (χ0n) is 10.7. The van der Waals surface area contributed by atoms with Crippen molar-refractivity contribution in [3.05, 3.63) is 35.9 Å². The van der Waals surface area contributed by atoms with Crippen LogP contribution in [0.1, 0.15) is 5.56 Å². The summed E-state index contributed by atoms with van der Waals surface area (Å²) < 4.78 is 10.4. The van der Waals surface area contributed by atoms with E-state index in [4.69, 9.17) is 20.5 Å². The van der Waals surface area contributed by atoms with Gasteiger partial charge < -0.3 is 15.2 Å². The van der Waals surface area contributed by atoms with Crippen molar-refractivity contribution in [2.24, 2.45) is 0 Å². The maximum atomic E-state index is 8.82. The van der Waals surface area contributed by atoms with E-state index in [2.05, 4.69) is 4.98 Å². The number of hydrogen-bond donors (Lipinski definition) is 1. The lowest BCUT2D eigenvalue weighted by Gasteiger charge is -2.09. The fourth-order valence-corrected chi connectivity index (χ4v) is 1.73. The Balaban J connectivity index is 2.48. The van der Waals surface area contributed by atoms with Gasteiger partial charge in [-0.2, -0.15) is 5.26 Å². The van der Waals surface area contributed by atoms with Gasteiger partial charge in [0.2, 0.25) is 0 Å². The quantitative estimate of drug-likeness (QED) is 0.909. The van der Waals surface area contributed by atoms with Crippen LogP contribution in [-0.4, -0.2) is 19.2 Å². The average molecular weight is 255 g/mol. The number of nitrogens with two attached hydrogens (primary N) is 1. The highest BCUT2D eigenvalue weighted by molar-refractivity contribution is 5.66. The van der Waals surface area contributed by atoms with Crippen LogP contribution in [0, 0.1) is 11.3 Å². The molecule has 1 heterocycles. The third kappa shape index (κ3) is 2.43. The molecule has 2 aromatic rings. The topological polar surface area (TPSA) is 81.2 Å². The lowest BCUT2D eigenvalue weighted by Crippen LogP contribution is -1.97. The molecule has 0 aliphatic rings. The maximum Gasteiger partial charge on any atom is 0.161 e. The zero-order chi connectivity index (χ0) is 13.8. The van der Waals surface area contributed by atoms with Crippen molar-refractivity contribution in [2.75, 3.05) is 20.0 Å². The molecule has 1 aromatic heterocycles. The summed E-state index contributed by atoms with van der Waals surface area (Å²) in [4.78, 5) is 4.20. The molecule has 19 heavy (non-hydrogen) atoms. The minimum Gasteiger partial charge on any atom is -0.493 e. The summed E-state index contributed by atoms with van der Waals surface area (Å²) in [5.41, 5.74) is 7.59. The number of methoxy groups -OCH3 is 2. The number of anilines is 1. The van der Waals surface area contributed by atoms with Crippen LogP contribution >= 0.6 is 0 Å². The van der Waals surface area contributed by atoms with Crippen LogP contribution in [0.25, 0.3) is 11.3 Å². The van der Waals surface area contributed by atoms with Gasteiger partial charge in [0.05, 0.1) is 25.5 Å². The van der Waals surface area contributed by atoms with E-state index in [0.717, 1.165) is 5.56 Å². The highest BCUT2D eigenvalue weighted by Crippen LogP contribution is 2.31. The molecule has 0 radical (unpaired) electrons. The van der Waals surface area contributed by atoms with E-state index in [1.807, 2.05) is 18.2 Å². The van der Waals surface area contributed by atoms with Gasteiger partial charge in [-0.05, 0) is 30.3 Å². The molecule has 5 heteroatoms. The van der Waals surface area contributed by atoms with Crippen LogP contribution in [0.5, 0.6) is 11.5 Å². The van der Waals surface area contributed by atoms with Crippen molar-refractivity contribution in [2.45, 2.75) is 0 Å². The van der Waals surface area contributed by atoms with Gasteiger partial charge in [0, 0.05) is 5.56 Å². The van der Waals surface area contributed by atoms with Gasteiger partial charge in [-0.1, -0.05) is 0 Å². The van der Waals surface area contributed by atoms with Crippen molar-refractivity contribution in [3.8, 4) is 28.8 Å². The molecule has 0 saturated heterocycles. The maximum absolute atomic E-state index is 8.82. The Hall–Kier alpha value is -2.74. The minimum absolute atomic E-state index is 0.217. The van der Waals surface area contributed by atoms with Crippen molar-refractivity contribution < 1.29 is 9.47 Å². The van der Waals surface area contributed by atoms with Gasteiger partial charge in [0.25, 0.3) is 0 Å². The van der Waals surface area contributed by atoms with Gasteiger partial charge >= 0.3 is 0 Å². The molecule has 2 rings (SSSR count). The fourth-order valence-electron chi connectivity index (χ4n) is 1.73. The number of benzene rings is 1. The predicted molar refractivity (Wildman–Crippen MR) is 71.9 cm³/mol. The third-order valence-electron chi connectivity index (χ3n) is 2.72. The number of aromatic nitrogens is 1. The molecule has 0 atom stereocenters. The number of pyridine rings is 1. The first-order valence-electron chi connectivity index (χ1n) is 5.58. The summed E-state index contributed by atoms with van der Waals surface area (Å²) in [5.74, 6) is 1.48. The first-order valence-corrected chi connectivity index (χ1v) is 5.58. The number of nitrogens with zero attached hydrogens (tertiary/aromatic N) is 2. The summed E-state index contributed by atoms with van der Waals surface area (Å²) in [7, 11) is 3.15. The SMILES string of the molecule is COc1ccc(-c2ccc(C#N)c(N)n2)cc1OC. The van der Waals surface area contributed by atoms with Crippen molar-refractivity contribution in [3.63, 3.8) is 0 Å². The number of nitrogen functional groups attached to an aromatic ring is 1. The zero-order valence-corrected chi connectivity index (χ0v) is 10.7. The van der Waals surface area contributed by atoms with Gasteiger partial charge in [-0.15, -0.1) is 0 Å². The molecule has 0 aliphatic heterocycles. The van der Waals surface area contributed by atoms with Crippen LogP contribution in [0.2, 0.25) is 0 Å².